The molecular weight excluding hydrogens is 477 g/mol. The normalized spacial score (nSPS) is 12.5. The zero-order valence-electron chi connectivity index (χ0n) is 18.3. The average molecular weight is 499 g/mol. The minimum absolute atomic E-state index is 0.0136. The Morgan fingerprint density at radius 2 is 1.97 bits per heavy atom. The Bertz CT molecular complexity index is 1170. The summed E-state index contributed by atoms with van der Waals surface area (Å²) in [5, 5.41) is 11.2. The number of ether oxygens (including phenoxy) is 1. The first-order chi connectivity index (χ1) is 15.5. The first kappa shape index (κ1) is 24.9. The summed E-state index contributed by atoms with van der Waals surface area (Å²) < 4.78 is 46.5. The molecule has 0 saturated carbocycles. The van der Waals surface area contributed by atoms with Gasteiger partial charge >= 0.3 is 6.18 Å². The van der Waals surface area contributed by atoms with Crippen LogP contribution in [0.15, 0.2) is 41.6 Å². The van der Waals surface area contributed by atoms with Crippen LogP contribution < -0.4 is 10.1 Å². The molecule has 0 aliphatic heterocycles. The van der Waals surface area contributed by atoms with E-state index in [9.17, 15) is 18.0 Å². The van der Waals surface area contributed by atoms with Gasteiger partial charge in [-0.25, -0.2) is 0 Å². The molecule has 1 N–H and O–H groups in total. The molecule has 0 saturated heterocycles. The van der Waals surface area contributed by atoms with Gasteiger partial charge in [-0.3, -0.25) is 4.79 Å². The van der Waals surface area contributed by atoms with Crippen molar-refractivity contribution in [1.82, 2.24) is 14.8 Å². The summed E-state index contributed by atoms with van der Waals surface area (Å²) in [6, 6.07) is 8.56. The van der Waals surface area contributed by atoms with Crippen molar-refractivity contribution in [3.05, 3.63) is 63.9 Å². The Morgan fingerprint density at radius 1 is 1.24 bits per heavy atom. The van der Waals surface area contributed by atoms with Crippen LogP contribution in [-0.4, -0.2) is 26.4 Å². The molecule has 11 heteroatoms. The first-order valence-corrected chi connectivity index (χ1v) is 11.2. The van der Waals surface area contributed by atoms with Crippen LogP contribution in [0.25, 0.3) is 0 Å². The van der Waals surface area contributed by atoms with E-state index >= 15 is 0 Å². The van der Waals surface area contributed by atoms with Crippen LogP contribution >= 0.6 is 23.4 Å². The Balaban J connectivity index is 1.64. The molecule has 3 aromatic rings. The van der Waals surface area contributed by atoms with Crippen molar-refractivity contribution in [2.75, 3.05) is 11.1 Å². The fraction of sp³-hybridized carbons (Fsp3) is 0.318. The van der Waals surface area contributed by atoms with Gasteiger partial charge in [-0.1, -0.05) is 35.5 Å². The third-order valence-corrected chi connectivity index (χ3v) is 6.34. The van der Waals surface area contributed by atoms with Crippen LogP contribution in [-0.2, 0) is 18.0 Å². The van der Waals surface area contributed by atoms with Crippen molar-refractivity contribution in [2.45, 2.75) is 38.2 Å². The van der Waals surface area contributed by atoms with Gasteiger partial charge in [0.1, 0.15) is 5.75 Å². The van der Waals surface area contributed by atoms with Crippen LogP contribution in [0.3, 0.4) is 0 Å². The van der Waals surface area contributed by atoms with E-state index in [-0.39, 0.29) is 16.5 Å². The van der Waals surface area contributed by atoms with E-state index in [4.69, 9.17) is 16.3 Å². The summed E-state index contributed by atoms with van der Waals surface area (Å²) in [6.07, 6.45) is -4.93. The van der Waals surface area contributed by atoms with Crippen molar-refractivity contribution >= 4 is 35.0 Å². The summed E-state index contributed by atoms with van der Waals surface area (Å²) in [5.74, 6) is 0.701. The number of aryl methyl sites for hydroxylation is 1. The predicted octanol–water partition coefficient (Wildman–Crippen LogP) is 5.97. The van der Waals surface area contributed by atoms with Gasteiger partial charge in [0, 0.05) is 7.05 Å². The molecule has 0 radical (unpaired) electrons. The molecule has 0 bridgehead atoms. The highest BCUT2D eigenvalue weighted by Gasteiger charge is 2.31. The molecule has 1 aromatic heterocycles. The Kier molecular flexibility index (Phi) is 7.58. The summed E-state index contributed by atoms with van der Waals surface area (Å²) in [6.45, 7) is 5.83. The lowest BCUT2D eigenvalue weighted by Crippen LogP contribution is -2.16. The molecule has 1 heterocycles. The highest BCUT2D eigenvalue weighted by molar-refractivity contribution is 7.99. The lowest BCUT2D eigenvalue weighted by Gasteiger charge is -2.17. The number of nitrogens with zero attached hydrogens (tertiary/aromatic N) is 3. The number of carbonyl (C=O) groups is 1. The highest BCUT2D eigenvalue weighted by atomic mass is 35.5. The summed E-state index contributed by atoms with van der Waals surface area (Å²) >= 11 is 7.03. The number of amides is 1. The van der Waals surface area contributed by atoms with Crippen LogP contribution in [0.2, 0.25) is 5.02 Å². The van der Waals surface area contributed by atoms with E-state index < -0.39 is 23.8 Å². The Labute approximate surface area is 198 Å². The number of halogens is 4. The van der Waals surface area contributed by atoms with Gasteiger partial charge in [0.2, 0.25) is 5.91 Å². The van der Waals surface area contributed by atoms with Gasteiger partial charge in [-0.05, 0) is 56.2 Å². The fourth-order valence-corrected chi connectivity index (χ4v) is 3.90. The largest absolute Gasteiger partial charge is 0.482 e. The minimum atomic E-state index is -4.54. The van der Waals surface area contributed by atoms with Crippen LogP contribution in [0.5, 0.6) is 5.75 Å². The Morgan fingerprint density at radius 3 is 2.67 bits per heavy atom. The molecular formula is C22H22ClF3N4O2S. The Hall–Kier alpha value is -2.72. The number of benzene rings is 2. The van der Waals surface area contributed by atoms with Gasteiger partial charge in [0.05, 0.1) is 22.0 Å². The van der Waals surface area contributed by atoms with Gasteiger partial charge in [-0.15, -0.1) is 10.2 Å². The van der Waals surface area contributed by atoms with Crippen molar-refractivity contribution in [1.29, 1.82) is 0 Å². The number of aromatic nitrogens is 3. The molecule has 2 aromatic carbocycles. The van der Waals surface area contributed by atoms with Crippen molar-refractivity contribution in [3.63, 3.8) is 0 Å². The molecule has 0 aliphatic rings. The number of nitrogens with one attached hydrogen (secondary N) is 1. The summed E-state index contributed by atoms with van der Waals surface area (Å²) in [4.78, 5) is 12.3. The molecule has 176 valence electrons. The molecule has 3 rings (SSSR count). The third-order valence-electron chi connectivity index (χ3n) is 4.99. The zero-order chi connectivity index (χ0) is 24.3. The van der Waals surface area contributed by atoms with Crippen molar-refractivity contribution in [2.24, 2.45) is 7.05 Å². The second-order valence-corrected chi connectivity index (χ2v) is 8.74. The van der Waals surface area contributed by atoms with E-state index in [2.05, 4.69) is 15.5 Å². The molecule has 6 nitrogen and oxygen atoms in total. The summed E-state index contributed by atoms with van der Waals surface area (Å²) in [5.41, 5.74) is 1.14. The van der Waals surface area contributed by atoms with Gasteiger partial charge in [0.25, 0.3) is 0 Å². The highest BCUT2D eigenvalue weighted by Crippen LogP contribution is 2.34. The van der Waals surface area contributed by atoms with E-state index in [1.807, 2.05) is 39.0 Å². The molecule has 0 aliphatic carbocycles. The number of alkyl halides is 3. The number of hydrogen-bond acceptors (Lipinski definition) is 5. The van der Waals surface area contributed by atoms with E-state index in [0.717, 1.165) is 46.8 Å². The van der Waals surface area contributed by atoms with Crippen LogP contribution in [0, 0.1) is 13.8 Å². The maximum absolute atomic E-state index is 12.9. The predicted molar refractivity (Wildman–Crippen MR) is 122 cm³/mol. The number of hydrogen-bond donors (Lipinski definition) is 1. The second-order valence-electron chi connectivity index (χ2n) is 7.39. The second kappa shape index (κ2) is 10.0. The first-order valence-electron chi connectivity index (χ1n) is 9.89. The van der Waals surface area contributed by atoms with Crippen molar-refractivity contribution in [3.8, 4) is 5.75 Å². The molecule has 1 amide bonds. The average Bonchev–Trinajstić information content (AvgIpc) is 3.11. The van der Waals surface area contributed by atoms with Crippen molar-refractivity contribution < 1.29 is 22.7 Å². The molecule has 1 atom stereocenters. The van der Waals surface area contributed by atoms with Gasteiger partial charge in [-0.2, -0.15) is 13.2 Å². The summed E-state index contributed by atoms with van der Waals surface area (Å²) in [7, 11) is 1.75. The quantitative estimate of drug-likeness (QED) is 0.406. The molecule has 33 heavy (non-hydrogen) atoms. The van der Waals surface area contributed by atoms with E-state index in [1.165, 1.54) is 0 Å². The van der Waals surface area contributed by atoms with Crippen LogP contribution in [0.1, 0.15) is 35.5 Å². The fourth-order valence-electron chi connectivity index (χ4n) is 3.01. The maximum Gasteiger partial charge on any atom is 0.416 e. The molecule has 0 fully saturated rings. The third kappa shape index (κ3) is 6.00. The maximum atomic E-state index is 12.9. The SMILES string of the molecule is Cc1cccc(OC(C)c2nnc(SCC(=O)Nc3cc(C(F)(F)F)ccc3Cl)n2C)c1C. The van der Waals surface area contributed by atoms with E-state index in [1.54, 1.807) is 11.6 Å². The van der Waals surface area contributed by atoms with Gasteiger partial charge in [0.15, 0.2) is 17.1 Å². The molecule has 0 spiro atoms. The lowest BCUT2D eigenvalue weighted by molar-refractivity contribution is -0.137. The number of rotatable bonds is 7. The lowest BCUT2D eigenvalue weighted by atomic mass is 10.1. The topological polar surface area (TPSA) is 69.0 Å². The standard InChI is InChI=1S/C22H22ClF3N4O2S/c1-12-6-5-7-18(13(12)2)32-14(3)20-28-29-21(30(20)4)33-11-19(31)27-17-10-15(22(24,25)26)8-9-16(17)23/h5-10,14H,11H2,1-4H3,(H,27,31). The van der Waals surface area contributed by atoms with Gasteiger partial charge < -0.3 is 14.6 Å². The minimum Gasteiger partial charge on any atom is -0.482 e. The number of thioether (sulfide) groups is 1. The molecule has 1 unspecified atom stereocenters. The van der Waals surface area contributed by atoms with E-state index in [0.29, 0.717) is 11.0 Å². The number of carbonyl (C=O) groups excluding carboxylic acids is 1. The smallest absolute Gasteiger partial charge is 0.416 e. The van der Waals surface area contributed by atoms with Crippen LogP contribution in [0.4, 0.5) is 18.9 Å². The monoisotopic (exact) mass is 498 g/mol. The number of anilines is 1. The zero-order valence-corrected chi connectivity index (χ0v) is 19.9.